The topological polar surface area (TPSA) is 116 Å². The van der Waals surface area contributed by atoms with Crippen LogP contribution in [-0.4, -0.2) is 27.7 Å². The minimum absolute atomic E-state index is 0.0249. The second-order valence-electron chi connectivity index (χ2n) is 6.31. The Bertz CT molecular complexity index is 1170. The number of anilines is 1. The zero-order valence-electron chi connectivity index (χ0n) is 16.0. The molecule has 148 valence electrons. The number of hydrogen-bond donors (Lipinski definition) is 1. The quantitative estimate of drug-likeness (QED) is 0.525. The number of carbonyl (C=O) groups is 1. The van der Waals surface area contributed by atoms with Crippen molar-refractivity contribution in [2.45, 2.75) is 13.8 Å². The van der Waals surface area contributed by atoms with E-state index >= 15 is 0 Å². The Hall–Kier alpha value is -4.01. The van der Waals surface area contributed by atoms with E-state index in [0.29, 0.717) is 16.9 Å². The van der Waals surface area contributed by atoms with Gasteiger partial charge in [0, 0.05) is 17.8 Å². The molecule has 3 rings (SSSR count). The Labute approximate surface area is 165 Å². The van der Waals surface area contributed by atoms with Gasteiger partial charge in [-0.05, 0) is 37.1 Å². The van der Waals surface area contributed by atoms with Crippen LogP contribution in [0.5, 0.6) is 5.75 Å². The summed E-state index contributed by atoms with van der Waals surface area (Å²) < 4.78 is 6.30. The number of aromatic nitrogens is 2. The fraction of sp³-hybridized carbons (Fsp3) is 0.150. The maximum Gasteiger partial charge on any atom is 0.280 e. The van der Waals surface area contributed by atoms with E-state index in [-0.39, 0.29) is 17.1 Å². The molecule has 0 saturated carbocycles. The van der Waals surface area contributed by atoms with Crippen LogP contribution in [0.4, 0.5) is 11.4 Å². The number of methoxy groups -OCH3 is 1. The van der Waals surface area contributed by atoms with Gasteiger partial charge in [0.15, 0.2) is 11.4 Å². The van der Waals surface area contributed by atoms with Crippen molar-refractivity contribution < 1.29 is 14.5 Å². The minimum atomic E-state index is -0.610. The van der Waals surface area contributed by atoms with E-state index in [4.69, 9.17) is 4.74 Å². The number of ether oxygens (including phenoxy) is 1. The molecule has 1 heterocycles. The van der Waals surface area contributed by atoms with Crippen molar-refractivity contribution in [3.05, 3.63) is 85.8 Å². The Balaban J connectivity index is 2.02. The van der Waals surface area contributed by atoms with Gasteiger partial charge in [0.1, 0.15) is 0 Å². The fourth-order valence-electron chi connectivity index (χ4n) is 2.81. The molecular formula is C20H18N4O5. The summed E-state index contributed by atoms with van der Waals surface area (Å²) in [5, 5.41) is 17.7. The number of hydrogen-bond acceptors (Lipinski definition) is 6. The molecule has 0 aliphatic carbocycles. The number of nitro groups is 1. The van der Waals surface area contributed by atoms with Crippen LogP contribution in [0.15, 0.2) is 53.3 Å². The van der Waals surface area contributed by atoms with Crippen LogP contribution in [0.2, 0.25) is 0 Å². The van der Waals surface area contributed by atoms with E-state index in [1.54, 1.807) is 19.1 Å². The third-order valence-electron chi connectivity index (χ3n) is 4.34. The summed E-state index contributed by atoms with van der Waals surface area (Å²) >= 11 is 0. The molecule has 29 heavy (non-hydrogen) atoms. The summed E-state index contributed by atoms with van der Waals surface area (Å²) in [5.41, 5.74) is 1.64. The Morgan fingerprint density at radius 3 is 2.48 bits per heavy atom. The molecule has 1 aromatic heterocycles. The highest BCUT2D eigenvalue weighted by Gasteiger charge is 2.20. The highest BCUT2D eigenvalue weighted by molar-refractivity contribution is 6.05. The normalized spacial score (nSPS) is 10.4. The number of aryl methyl sites for hydroxylation is 2. The molecule has 2 aromatic carbocycles. The van der Waals surface area contributed by atoms with Gasteiger partial charge in [-0.2, -0.15) is 9.78 Å². The van der Waals surface area contributed by atoms with Crippen molar-refractivity contribution in [2.24, 2.45) is 0 Å². The molecule has 0 aliphatic heterocycles. The molecule has 0 spiro atoms. The van der Waals surface area contributed by atoms with Crippen LogP contribution in [-0.2, 0) is 0 Å². The van der Waals surface area contributed by atoms with Gasteiger partial charge < -0.3 is 10.1 Å². The lowest BCUT2D eigenvalue weighted by atomic mass is 10.1. The van der Waals surface area contributed by atoms with Gasteiger partial charge in [0.05, 0.1) is 23.8 Å². The minimum Gasteiger partial charge on any atom is -0.494 e. The third kappa shape index (κ3) is 3.98. The van der Waals surface area contributed by atoms with E-state index in [0.717, 1.165) is 10.2 Å². The van der Waals surface area contributed by atoms with Crippen LogP contribution >= 0.6 is 0 Å². The van der Waals surface area contributed by atoms with Gasteiger partial charge in [-0.25, -0.2) is 0 Å². The van der Waals surface area contributed by atoms with E-state index < -0.39 is 16.4 Å². The molecule has 9 heteroatoms. The summed E-state index contributed by atoms with van der Waals surface area (Å²) in [4.78, 5) is 35.7. The van der Waals surface area contributed by atoms with Crippen LogP contribution in [0.25, 0.3) is 5.69 Å². The van der Waals surface area contributed by atoms with E-state index in [2.05, 4.69) is 10.4 Å². The molecule has 0 radical (unpaired) electrons. The summed E-state index contributed by atoms with van der Waals surface area (Å²) in [6, 6.07) is 12.4. The number of rotatable bonds is 5. The molecule has 1 amide bonds. The van der Waals surface area contributed by atoms with Gasteiger partial charge >= 0.3 is 0 Å². The predicted molar refractivity (Wildman–Crippen MR) is 107 cm³/mol. The van der Waals surface area contributed by atoms with Crippen molar-refractivity contribution in [1.29, 1.82) is 0 Å². The number of nitro benzene ring substituents is 1. The molecule has 0 saturated heterocycles. The molecule has 0 aliphatic rings. The van der Waals surface area contributed by atoms with Crippen LogP contribution < -0.4 is 15.6 Å². The second kappa shape index (κ2) is 7.93. The number of amides is 1. The third-order valence-corrected chi connectivity index (χ3v) is 4.34. The van der Waals surface area contributed by atoms with Crippen molar-refractivity contribution >= 4 is 17.3 Å². The summed E-state index contributed by atoms with van der Waals surface area (Å²) in [5.74, 6) is -0.585. The lowest BCUT2D eigenvalue weighted by molar-refractivity contribution is -0.384. The number of para-hydroxylation sites is 1. The largest absolute Gasteiger partial charge is 0.494 e. The van der Waals surface area contributed by atoms with Crippen LogP contribution in [0, 0.1) is 24.0 Å². The first-order chi connectivity index (χ1) is 13.8. The summed E-state index contributed by atoms with van der Waals surface area (Å²) in [6.07, 6.45) is 0. The number of carbonyl (C=O) groups excluding carboxylic acids is 1. The zero-order chi connectivity index (χ0) is 21.1. The van der Waals surface area contributed by atoms with E-state index in [9.17, 15) is 19.7 Å². The number of non-ortho nitro benzene ring substituents is 1. The van der Waals surface area contributed by atoms with Crippen molar-refractivity contribution in [3.63, 3.8) is 0 Å². The lowest BCUT2D eigenvalue weighted by Crippen LogP contribution is -2.26. The molecule has 1 N–H and O–H groups in total. The Morgan fingerprint density at radius 1 is 1.14 bits per heavy atom. The molecule has 0 fully saturated rings. The van der Waals surface area contributed by atoms with E-state index in [1.807, 2.05) is 19.1 Å². The SMILES string of the molecule is COc1cc(=O)n(-c2ccccc2C)nc1C(=O)Nc1ccc([N+](=O)[O-])cc1C. The Kier molecular flexibility index (Phi) is 5.40. The van der Waals surface area contributed by atoms with Gasteiger partial charge in [-0.1, -0.05) is 18.2 Å². The lowest BCUT2D eigenvalue weighted by Gasteiger charge is -2.13. The molecule has 9 nitrogen and oxygen atoms in total. The first-order valence-electron chi connectivity index (χ1n) is 8.62. The smallest absolute Gasteiger partial charge is 0.280 e. The Morgan fingerprint density at radius 2 is 1.86 bits per heavy atom. The van der Waals surface area contributed by atoms with Gasteiger partial charge in [-0.15, -0.1) is 0 Å². The predicted octanol–water partition coefficient (Wildman–Crippen LogP) is 3.02. The highest BCUT2D eigenvalue weighted by atomic mass is 16.6. The standard InChI is InChI=1S/C20H18N4O5/c1-12-6-4-5-7-16(12)23-18(25)11-17(29-3)19(22-23)20(26)21-15-9-8-14(24(27)28)10-13(15)2/h4-11H,1-3H3,(H,21,26). The molecule has 3 aromatic rings. The second-order valence-corrected chi connectivity index (χ2v) is 6.31. The van der Waals surface area contributed by atoms with Crippen molar-refractivity contribution in [1.82, 2.24) is 9.78 Å². The van der Waals surface area contributed by atoms with Gasteiger partial charge in [0.25, 0.3) is 17.2 Å². The molecule has 0 atom stereocenters. The van der Waals surface area contributed by atoms with Crippen molar-refractivity contribution in [2.75, 3.05) is 12.4 Å². The fourth-order valence-corrected chi connectivity index (χ4v) is 2.81. The maximum absolute atomic E-state index is 12.8. The number of nitrogens with zero attached hydrogens (tertiary/aromatic N) is 3. The van der Waals surface area contributed by atoms with Crippen LogP contribution in [0.1, 0.15) is 21.6 Å². The average Bonchev–Trinajstić information content (AvgIpc) is 2.69. The molecule has 0 unspecified atom stereocenters. The van der Waals surface area contributed by atoms with Gasteiger partial charge in [-0.3, -0.25) is 19.7 Å². The molecule has 0 bridgehead atoms. The number of benzene rings is 2. The molecular weight excluding hydrogens is 376 g/mol. The highest BCUT2D eigenvalue weighted by Crippen LogP contribution is 2.23. The zero-order valence-corrected chi connectivity index (χ0v) is 16.0. The maximum atomic E-state index is 12.8. The average molecular weight is 394 g/mol. The van der Waals surface area contributed by atoms with Crippen LogP contribution in [0.3, 0.4) is 0 Å². The number of nitrogens with one attached hydrogen (secondary N) is 1. The van der Waals surface area contributed by atoms with E-state index in [1.165, 1.54) is 31.4 Å². The van der Waals surface area contributed by atoms with Gasteiger partial charge in [0.2, 0.25) is 0 Å². The summed E-state index contributed by atoms with van der Waals surface area (Å²) in [7, 11) is 1.34. The summed E-state index contributed by atoms with van der Waals surface area (Å²) in [6.45, 7) is 3.47. The first kappa shape index (κ1) is 19.7. The monoisotopic (exact) mass is 394 g/mol. The first-order valence-corrected chi connectivity index (χ1v) is 8.62. The van der Waals surface area contributed by atoms with Crippen molar-refractivity contribution in [3.8, 4) is 11.4 Å².